The molecule has 0 aliphatic carbocycles. The van der Waals surface area contributed by atoms with E-state index in [2.05, 4.69) is 33.8 Å². The minimum absolute atomic E-state index is 0.754. The lowest BCUT2D eigenvalue weighted by molar-refractivity contribution is 0.414. The van der Waals surface area contributed by atoms with Crippen LogP contribution in [0.1, 0.15) is 18.3 Å². The van der Waals surface area contributed by atoms with Gasteiger partial charge in [-0.15, -0.1) is 10.2 Å². The van der Waals surface area contributed by atoms with Gasteiger partial charge in [-0.2, -0.15) is 0 Å². The summed E-state index contributed by atoms with van der Waals surface area (Å²) < 4.78 is 7.37. The Balaban J connectivity index is 1.99. The molecule has 0 bridgehead atoms. The number of methoxy groups -OCH3 is 1. The second kappa shape index (κ2) is 7.33. The Labute approximate surface area is 140 Å². The predicted octanol–water partition coefficient (Wildman–Crippen LogP) is 3.98. The molecule has 3 aromatic rings. The van der Waals surface area contributed by atoms with Crippen molar-refractivity contribution in [2.24, 2.45) is 0 Å². The van der Waals surface area contributed by atoms with Crippen LogP contribution in [-0.2, 0) is 6.42 Å². The van der Waals surface area contributed by atoms with Crippen LogP contribution in [0, 0.1) is 0 Å². The summed E-state index contributed by atoms with van der Waals surface area (Å²) in [6, 6.07) is 18.3. The van der Waals surface area contributed by atoms with Crippen molar-refractivity contribution >= 4 is 11.8 Å². The summed E-state index contributed by atoms with van der Waals surface area (Å²) in [5.41, 5.74) is 2.28. The molecule has 0 N–H and O–H groups in total. The minimum atomic E-state index is 0.754. The number of ether oxygens (including phenoxy) is 1. The molecule has 0 atom stereocenters. The summed E-state index contributed by atoms with van der Waals surface area (Å²) in [7, 11) is 1.67. The van der Waals surface area contributed by atoms with E-state index in [1.807, 2.05) is 42.5 Å². The molecular weight excluding hydrogens is 306 g/mol. The highest BCUT2D eigenvalue weighted by Gasteiger charge is 2.14. The van der Waals surface area contributed by atoms with E-state index in [-0.39, 0.29) is 0 Å². The molecule has 0 amide bonds. The first-order valence-electron chi connectivity index (χ1n) is 7.57. The summed E-state index contributed by atoms with van der Waals surface area (Å²) in [6.07, 6.45) is 0.754. The van der Waals surface area contributed by atoms with Crippen molar-refractivity contribution in [1.29, 1.82) is 0 Å². The zero-order valence-corrected chi connectivity index (χ0v) is 14.1. The molecule has 23 heavy (non-hydrogen) atoms. The zero-order valence-electron chi connectivity index (χ0n) is 13.3. The van der Waals surface area contributed by atoms with Gasteiger partial charge in [0.1, 0.15) is 11.6 Å². The molecule has 2 aromatic carbocycles. The fraction of sp³-hybridized carbons (Fsp3) is 0.222. The zero-order chi connectivity index (χ0) is 16.1. The fourth-order valence-electron chi connectivity index (χ4n) is 2.41. The SMILES string of the molecule is CCSc1nnc(Cc2ccccc2)n1-c1ccc(OC)cc1. The van der Waals surface area contributed by atoms with Crippen LogP contribution in [0.15, 0.2) is 59.8 Å². The number of hydrogen-bond donors (Lipinski definition) is 0. The summed E-state index contributed by atoms with van der Waals surface area (Å²) in [6.45, 7) is 2.12. The first-order chi connectivity index (χ1) is 11.3. The highest BCUT2D eigenvalue weighted by molar-refractivity contribution is 7.99. The van der Waals surface area contributed by atoms with Gasteiger partial charge in [-0.25, -0.2) is 0 Å². The molecule has 0 radical (unpaired) electrons. The fourth-order valence-corrected chi connectivity index (χ4v) is 3.10. The number of hydrogen-bond acceptors (Lipinski definition) is 4. The van der Waals surface area contributed by atoms with Gasteiger partial charge < -0.3 is 4.74 Å². The van der Waals surface area contributed by atoms with E-state index >= 15 is 0 Å². The lowest BCUT2D eigenvalue weighted by Crippen LogP contribution is -2.04. The molecule has 0 saturated carbocycles. The molecule has 1 heterocycles. The summed E-state index contributed by atoms with van der Waals surface area (Å²) in [5, 5.41) is 9.70. The van der Waals surface area contributed by atoms with Crippen molar-refractivity contribution < 1.29 is 4.74 Å². The van der Waals surface area contributed by atoms with Gasteiger partial charge in [0.25, 0.3) is 0 Å². The third kappa shape index (κ3) is 3.56. The number of aromatic nitrogens is 3. The second-order valence-corrected chi connectivity index (χ2v) is 6.26. The third-order valence-corrected chi connectivity index (χ3v) is 4.32. The Bertz CT molecular complexity index is 754. The lowest BCUT2D eigenvalue weighted by atomic mass is 10.1. The second-order valence-electron chi connectivity index (χ2n) is 5.03. The Kier molecular flexibility index (Phi) is 4.98. The minimum Gasteiger partial charge on any atom is -0.497 e. The van der Waals surface area contributed by atoms with Crippen molar-refractivity contribution in [1.82, 2.24) is 14.8 Å². The largest absolute Gasteiger partial charge is 0.497 e. The van der Waals surface area contributed by atoms with Gasteiger partial charge >= 0.3 is 0 Å². The highest BCUT2D eigenvalue weighted by atomic mass is 32.2. The number of nitrogens with zero attached hydrogens (tertiary/aromatic N) is 3. The van der Waals surface area contributed by atoms with Crippen LogP contribution < -0.4 is 4.74 Å². The molecule has 5 heteroatoms. The van der Waals surface area contributed by atoms with Crippen LogP contribution >= 0.6 is 11.8 Å². The third-order valence-electron chi connectivity index (χ3n) is 3.51. The average molecular weight is 325 g/mol. The maximum atomic E-state index is 5.24. The molecular formula is C18H19N3OS. The van der Waals surface area contributed by atoms with Gasteiger partial charge in [-0.1, -0.05) is 49.0 Å². The van der Waals surface area contributed by atoms with Gasteiger partial charge in [-0.3, -0.25) is 4.57 Å². The topological polar surface area (TPSA) is 39.9 Å². The molecule has 0 fully saturated rings. The average Bonchev–Trinajstić information content (AvgIpc) is 2.98. The van der Waals surface area contributed by atoms with Gasteiger partial charge in [0.05, 0.1) is 7.11 Å². The highest BCUT2D eigenvalue weighted by Crippen LogP contribution is 2.24. The van der Waals surface area contributed by atoms with E-state index in [4.69, 9.17) is 4.74 Å². The normalized spacial score (nSPS) is 10.7. The Morgan fingerprint density at radius 1 is 1.00 bits per heavy atom. The number of benzene rings is 2. The molecule has 0 unspecified atom stereocenters. The first kappa shape index (κ1) is 15.6. The summed E-state index contributed by atoms with van der Waals surface area (Å²) in [5.74, 6) is 2.74. The molecule has 3 rings (SSSR count). The molecule has 118 valence electrons. The van der Waals surface area contributed by atoms with Crippen LogP contribution in [0.3, 0.4) is 0 Å². The van der Waals surface area contributed by atoms with Crippen LogP contribution in [0.25, 0.3) is 5.69 Å². The van der Waals surface area contributed by atoms with Crippen molar-refractivity contribution in [2.45, 2.75) is 18.5 Å². The van der Waals surface area contributed by atoms with Gasteiger partial charge in [0.2, 0.25) is 0 Å². The Morgan fingerprint density at radius 2 is 1.74 bits per heavy atom. The molecule has 0 aliphatic heterocycles. The van der Waals surface area contributed by atoms with E-state index in [0.717, 1.165) is 34.6 Å². The van der Waals surface area contributed by atoms with Gasteiger partial charge in [-0.05, 0) is 35.6 Å². The van der Waals surface area contributed by atoms with E-state index in [1.165, 1.54) is 5.56 Å². The number of rotatable bonds is 6. The lowest BCUT2D eigenvalue weighted by Gasteiger charge is -2.10. The van der Waals surface area contributed by atoms with Gasteiger partial charge in [0, 0.05) is 12.1 Å². The van der Waals surface area contributed by atoms with Crippen LogP contribution in [0.5, 0.6) is 5.75 Å². The van der Waals surface area contributed by atoms with Crippen LogP contribution in [0.4, 0.5) is 0 Å². The van der Waals surface area contributed by atoms with Crippen molar-refractivity contribution in [2.75, 3.05) is 12.9 Å². The maximum absolute atomic E-state index is 5.24. The van der Waals surface area contributed by atoms with E-state index in [9.17, 15) is 0 Å². The standard InChI is InChI=1S/C18H19N3OS/c1-3-23-18-20-19-17(13-14-7-5-4-6-8-14)21(18)15-9-11-16(22-2)12-10-15/h4-12H,3,13H2,1-2H3. The number of thioether (sulfide) groups is 1. The monoisotopic (exact) mass is 325 g/mol. The van der Waals surface area contributed by atoms with Crippen molar-refractivity contribution in [3.8, 4) is 11.4 Å². The smallest absolute Gasteiger partial charge is 0.195 e. The van der Waals surface area contributed by atoms with Crippen molar-refractivity contribution in [3.63, 3.8) is 0 Å². The predicted molar refractivity (Wildman–Crippen MR) is 93.6 cm³/mol. The van der Waals surface area contributed by atoms with E-state index in [0.29, 0.717) is 0 Å². The van der Waals surface area contributed by atoms with Crippen LogP contribution in [-0.4, -0.2) is 27.6 Å². The summed E-state index contributed by atoms with van der Waals surface area (Å²) in [4.78, 5) is 0. The molecule has 1 aromatic heterocycles. The molecule has 0 saturated heterocycles. The van der Waals surface area contributed by atoms with Crippen molar-refractivity contribution in [3.05, 3.63) is 66.0 Å². The summed E-state index contributed by atoms with van der Waals surface area (Å²) >= 11 is 1.70. The maximum Gasteiger partial charge on any atom is 0.195 e. The Hall–Kier alpha value is -2.27. The van der Waals surface area contributed by atoms with E-state index in [1.54, 1.807) is 18.9 Å². The molecule has 0 aliphatic rings. The van der Waals surface area contributed by atoms with Crippen LogP contribution in [0.2, 0.25) is 0 Å². The van der Waals surface area contributed by atoms with E-state index < -0.39 is 0 Å². The van der Waals surface area contributed by atoms with Gasteiger partial charge in [0.15, 0.2) is 5.16 Å². The molecule has 0 spiro atoms. The quantitative estimate of drug-likeness (QED) is 0.643. The Morgan fingerprint density at radius 3 is 2.39 bits per heavy atom. The molecule has 4 nitrogen and oxygen atoms in total. The first-order valence-corrected chi connectivity index (χ1v) is 8.56.